The largest absolute Gasteiger partial charge is 0.353 e. The molecule has 12 nitrogen and oxygen atoms in total. The summed E-state index contributed by atoms with van der Waals surface area (Å²) in [6.07, 6.45) is 9.40. The van der Waals surface area contributed by atoms with Crippen molar-refractivity contribution in [1.82, 2.24) is 38.7 Å². The number of rotatable bonds is 5. The number of nitrogens with zero attached hydrogens (tertiary/aromatic N) is 8. The number of hydrogen-bond donors (Lipinski definition) is 0. The van der Waals surface area contributed by atoms with Crippen LogP contribution in [-0.4, -0.2) is 60.0 Å². The van der Waals surface area contributed by atoms with E-state index in [0.717, 1.165) is 62.9 Å². The van der Waals surface area contributed by atoms with Crippen molar-refractivity contribution in [3.8, 4) is 11.5 Å². The third kappa shape index (κ3) is 8.01. The van der Waals surface area contributed by atoms with E-state index in [2.05, 4.69) is 77.9 Å². The lowest BCUT2D eigenvalue weighted by Crippen LogP contribution is -2.26. The minimum atomic E-state index is -4.10. The molecule has 0 aliphatic carbocycles. The predicted octanol–water partition coefficient (Wildman–Crippen LogP) is 9.55. The maximum atomic E-state index is 17.6. The molecule has 4 aromatic heterocycles. The van der Waals surface area contributed by atoms with E-state index < -0.39 is 33.6 Å². The van der Waals surface area contributed by atoms with Crippen molar-refractivity contribution in [3.63, 3.8) is 0 Å². The van der Waals surface area contributed by atoms with E-state index in [1.807, 2.05) is 32.3 Å². The second-order valence-electron chi connectivity index (χ2n) is 17.5. The Hall–Kier alpha value is -4.84. The molecule has 15 heteroatoms. The Labute approximate surface area is 375 Å². The van der Waals surface area contributed by atoms with Crippen LogP contribution in [0.2, 0.25) is 0 Å². The Morgan fingerprint density at radius 2 is 1.77 bits per heavy atom. The average Bonchev–Trinajstić information content (AvgIpc) is 4.02. The molecular weight excluding hydrogens is 919 g/mol. The van der Waals surface area contributed by atoms with Gasteiger partial charge in [0.2, 0.25) is 0 Å². The molecule has 0 amide bonds. The molecule has 0 spiro atoms. The van der Waals surface area contributed by atoms with Gasteiger partial charge in [-0.15, -0.1) is 5.10 Å². The molecule has 1 saturated heterocycles. The van der Waals surface area contributed by atoms with Gasteiger partial charge in [-0.05, 0) is 134 Å². The predicted molar refractivity (Wildman–Crippen MR) is 243 cm³/mol. The van der Waals surface area contributed by atoms with E-state index in [4.69, 9.17) is 24.5 Å². The lowest BCUT2D eigenvalue weighted by molar-refractivity contribution is -0.182. The molecule has 6 heterocycles. The molecule has 0 radical (unpaired) electrons. The standard InChI is InChI=1S/C47H50FIN8O4S/c1-30-14-16-34(17-15-30)62(58,59)57-23-19-35-36-28-56-29-40(52-54-56)46(2,3)20-7-8-21-47(4,32-11-10-12-33(49)26-32)45-51-44(55(5)53-45)38-25-31(18-22-50-38)43(42(36)37(48)27-39(35)57)61-41-13-6-9-24-60-41/h10-12,14-19,22-23,25-27,29,41,43H,6-9,13,20-21,24,28H2,1-5H3/t41?,43?,47-/m1/s1. The molecular formula is C47H50FIN8O4S. The monoisotopic (exact) mass is 968 g/mol. The first-order valence-corrected chi connectivity index (χ1v) is 23.7. The van der Waals surface area contributed by atoms with Gasteiger partial charge in [0.15, 0.2) is 17.9 Å². The van der Waals surface area contributed by atoms with E-state index in [9.17, 15) is 8.42 Å². The summed E-state index contributed by atoms with van der Waals surface area (Å²) in [7, 11) is -2.22. The van der Waals surface area contributed by atoms with Crippen molar-refractivity contribution in [2.24, 2.45) is 7.05 Å². The highest BCUT2D eigenvalue weighted by Crippen LogP contribution is 2.41. The first-order chi connectivity index (χ1) is 29.7. The highest BCUT2D eigenvalue weighted by atomic mass is 127. The average molecular weight is 969 g/mol. The van der Waals surface area contributed by atoms with Crippen molar-refractivity contribution < 1.29 is 22.3 Å². The van der Waals surface area contributed by atoms with Gasteiger partial charge in [-0.3, -0.25) is 4.98 Å². The van der Waals surface area contributed by atoms with E-state index in [0.29, 0.717) is 46.9 Å². The fourth-order valence-corrected chi connectivity index (χ4v) is 10.8. The smallest absolute Gasteiger partial charge is 0.268 e. The molecule has 7 aromatic rings. The van der Waals surface area contributed by atoms with Crippen LogP contribution in [0.1, 0.15) is 111 Å². The van der Waals surface area contributed by atoms with Crippen LogP contribution in [0.4, 0.5) is 4.39 Å². The summed E-state index contributed by atoms with van der Waals surface area (Å²) in [4.78, 5) is 10.1. The lowest BCUT2D eigenvalue weighted by atomic mass is 9.76. The first kappa shape index (κ1) is 42.5. The van der Waals surface area contributed by atoms with Crippen LogP contribution in [-0.2, 0) is 43.9 Å². The fraction of sp³-hybridized carbons (Fsp3) is 0.383. The van der Waals surface area contributed by atoms with Crippen molar-refractivity contribution in [3.05, 3.63) is 140 Å². The van der Waals surface area contributed by atoms with Gasteiger partial charge in [-0.1, -0.05) is 61.7 Å². The molecule has 0 N–H and O–H groups in total. The number of pyridine rings is 1. The van der Waals surface area contributed by atoms with E-state index >= 15 is 4.39 Å². The molecule has 3 atom stereocenters. The number of halogens is 2. The summed E-state index contributed by atoms with van der Waals surface area (Å²) in [6, 6.07) is 21.9. The second kappa shape index (κ2) is 16.7. The third-order valence-electron chi connectivity index (χ3n) is 12.6. The molecule has 2 unspecified atom stereocenters. The maximum absolute atomic E-state index is 17.6. The van der Waals surface area contributed by atoms with E-state index in [-0.39, 0.29) is 27.9 Å². The Morgan fingerprint density at radius 3 is 2.55 bits per heavy atom. The van der Waals surface area contributed by atoms with Crippen molar-refractivity contribution >= 4 is 43.5 Å². The number of benzene rings is 3. The summed E-state index contributed by atoms with van der Waals surface area (Å²) in [5, 5.41) is 14.9. The Balaban J connectivity index is 1.26. The molecule has 3 aromatic carbocycles. The molecule has 6 bridgehead atoms. The van der Waals surface area contributed by atoms with Gasteiger partial charge in [-0.2, -0.15) is 5.10 Å². The minimum absolute atomic E-state index is 0.0888. The normalized spacial score (nSPS) is 20.9. The molecule has 322 valence electrons. The van der Waals surface area contributed by atoms with Crippen molar-refractivity contribution in [2.75, 3.05) is 6.61 Å². The SMILES string of the molecule is Cc1ccc(S(=O)(=O)n2ccc3c4c(c(F)cc32)C(OC2CCCCO2)c2ccnc(c2)-c2nc(nn2C)[C@@](C)(c2cccc(I)c2)CCCCC(C)(C)c2cn(nn2)C4)cc1. The molecule has 2 aliphatic heterocycles. The van der Waals surface area contributed by atoms with E-state index in [1.165, 1.54) is 12.3 Å². The summed E-state index contributed by atoms with van der Waals surface area (Å²) in [6.45, 7) is 9.06. The summed E-state index contributed by atoms with van der Waals surface area (Å²) in [5.41, 5.74) is 4.15. The van der Waals surface area contributed by atoms with Crippen molar-refractivity contribution in [1.29, 1.82) is 0 Å². The summed E-state index contributed by atoms with van der Waals surface area (Å²) in [5.74, 6) is 0.623. The molecule has 0 saturated carbocycles. The number of fused-ring (bicyclic) bond motifs is 10. The van der Waals surface area contributed by atoms with Crippen LogP contribution >= 0.6 is 22.6 Å². The zero-order chi connectivity index (χ0) is 43.4. The number of ether oxygens (including phenoxy) is 2. The quantitative estimate of drug-likeness (QED) is 0.155. The molecule has 62 heavy (non-hydrogen) atoms. The van der Waals surface area contributed by atoms with Gasteiger partial charge in [0, 0.05) is 52.2 Å². The van der Waals surface area contributed by atoms with Gasteiger partial charge in [0.1, 0.15) is 17.6 Å². The fourth-order valence-electron chi connectivity index (χ4n) is 8.89. The van der Waals surface area contributed by atoms with Crippen LogP contribution in [0.5, 0.6) is 0 Å². The third-order valence-corrected chi connectivity index (χ3v) is 15.0. The second-order valence-corrected chi connectivity index (χ2v) is 20.6. The van der Waals surface area contributed by atoms with Gasteiger partial charge >= 0.3 is 0 Å². The lowest BCUT2D eigenvalue weighted by Gasteiger charge is -2.30. The first-order valence-electron chi connectivity index (χ1n) is 21.2. The Morgan fingerprint density at radius 1 is 0.968 bits per heavy atom. The summed E-state index contributed by atoms with van der Waals surface area (Å²) >= 11 is 2.36. The molecule has 2 aliphatic rings. The highest BCUT2D eigenvalue weighted by molar-refractivity contribution is 14.1. The van der Waals surface area contributed by atoms with Gasteiger partial charge in [0.05, 0.1) is 28.1 Å². The summed E-state index contributed by atoms with van der Waals surface area (Å²) < 4.78 is 64.8. The van der Waals surface area contributed by atoms with Gasteiger partial charge in [-0.25, -0.2) is 31.1 Å². The van der Waals surface area contributed by atoms with Crippen LogP contribution in [0.15, 0.2) is 96.3 Å². The maximum Gasteiger partial charge on any atom is 0.268 e. The minimum Gasteiger partial charge on any atom is -0.353 e. The van der Waals surface area contributed by atoms with Crippen LogP contribution in [0.3, 0.4) is 0 Å². The molecule has 9 rings (SSSR count). The van der Waals surface area contributed by atoms with Crippen LogP contribution in [0.25, 0.3) is 22.4 Å². The van der Waals surface area contributed by atoms with Crippen LogP contribution < -0.4 is 0 Å². The van der Waals surface area contributed by atoms with Gasteiger partial charge < -0.3 is 9.47 Å². The van der Waals surface area contributed by atoms with Gasteiger partial charge in [0.25, 0.3) is 10.0 Å². The number of hydrogen-bond acceptors (Lipinski definition) is 9. The Bertz CT molecular complexity index is 2880. The zero-order valence-electron chi connectivity index (χ0n) is 35.6. The highest BCUT2D eigenvalue weighted by Gasteiger charge is 2.36. The number of aromatic nitrogens is 8. The molecule has 1 fully saturated rings. The van der Waals surface area contributed by atoms with Crippen LogP contribution in [0, 0.1) is 16.3 Å². The Kier molecular flexibility index (Phi) is 11.4. The van der Waals surface area contributed by atoms with E-state index in [1.54, 1.807) is 45.9 Å². The van der Waals surface area contributed by atoms with Crippen molar-refractivity contribution in [2.45, 2.75) is 107 Å². The zero-order valence-corrected chi connectivity index (χ0v) is 38.5. The number of aryl methyl sites for hydroxylation is 2. The topological polar surface area (TPSA) is 132 Å².